The molecule has 3 aromatic rings. The Morgan fingerprint density at radius 2 is 2.19 bits per heavy atom. The van der Waals surface area contributed by atoms with E-state index in [4.69, 9.17) is 22.1 Å². The monoisotopic (exact) mass is 405 g/mol. The fourth-order valence-electron chi connectivity index (χ4n) is 3.38. The first-order valence-corrected chi connectivity index (χ1v) is 10.7. The van der Waals surface area contributed by atoms with Crippen molar-refractivity contribution in [2.75, 3.05) is 19.0 Å². The molecular weight excluding hydrogens is 384 g/mol. The molecule has 0 bridgehead atoms. The highest BCUT2D eigenvalue weighted by Gasteiger charge is 2.31. The van der Waals surface area contributed by atoms with Gasteiger partial charge in [0.05, 0.1) is 18.5 Å². The van der Waals surface area contributed by atoms with E-state index >= 15 is 0 Å². The summed E-state index contributed by atoms with van der Waals surface area (Å²) < 4.78 is 7.97. The Morgan fingerprint density at radius 1 is 1.35 bits per heavy atom. The van der Waals surface area contributed by atoms with E-state index in [0.29, 0.717) is 6.04 Å². The van der Waals surface area contributed by atoms with E-state index < -0.39 is 0 Å². The number of anilines is 2. The summed E-state index contributed by atoms with van der Waals surface area (Å²) in [5, 5.41) is 11.0. The summed E-state index contributed by atoms with van der Waals surface area (Å²) in [6.07, 6.45) is 2.50. The number of likely N-dealkylation sites (tertiary alicyclic amines) is 1. The van der Waals surface area contributed by atoms with Crippen molar-refractivity contribution in [2.24, 2.45) is 0 Å². The maximum Gasteiger partial charge on any atom is 0.209 e. The number of methoxy groups -OCH3 is 1. The molecule has 0 amide bonds. The minimum Gasteiger partial charge on any atom is -0.497 e. The largest absolute Gasteiger partial charge is 0.497 e. The van der Waals surface area contributed by atoms with Crippen LogP contribution >= 0.6 is 34.9 Å². The van der Waals surface area contributed by atoms with Gasteiger partial charge in [0, 0.05) is 18.5 Å². The Kier molecular flexibility index (Phi) is 5.35. The van der Waals surface area contributed by atoms with E-state index in [9.17, 15) is 0 Å². The van der Waals surface area contributed by atoms with E-state index in [0.717, 1.165) is 27.2 Å². The molecule has 2 aromatic heterocycles. The van der Waals surface area contributed by atoms with E-state index in [2.05, 4.69) is 22.8 Å². The van der Waals surface area contributed by atoms with Crippen LogP contribution in [-0.2, 0) is 6.67 Å². The molecule has 4 rings (SSSR count). The molecule has 1 aliphatic heterocycles. The van der Waals surface area contributed by atoms with Crippen LogP contribution in [0.15, 0.2) is 41.8 Å². The highest BCUT2D eigenvalue weighted by molar-refractivity contribution is 7.73. The average molecular weight is 406 g/mol. The molecule has 136 valence electrons. The molecule has 2 N–H and O–H groups in total. The van der Waals surface area contributed by atoms with Crippen LogP contribution in [-0.4, -0.2) is 23.4 Å². The van der Waals surface area contributed by atoms with Crippen LogP contribution in [0.3, 0.4) is 0 Å². The SMILES string of the molecule is COc1ccc(Nc2nn(C[NH+]3CCC[C@H]3c3cccs3)c(=S)s2)cc1. The molecular formula is C18H21N4OS3+. The number of nitrogens with zero attached hydrogens (tertiary/aromatic N) is 2. The zero-order valence-electron chi connectivity index (χ0n) is 14.5. The minimum atomic E-state index is 0.566. The second-order valence-electron chi connectivity index (χ2n) is 6.30. The van der Waals surface area contributed by atoms with Crippen molar-refractivity contribution in [1.82, 2.24) is 9.78 Å². The standard InChI is InChI=1S/C18H20N4OS3/c1-23-14-8-6-13(7-9-14)19-17-20-22(18(24)26-17)12-21-10-2-4-15(21)16-5-3-11-25-16/h3,5-9,11,15H,2,4,10,12H2,1H3,(H,19,20)/p+1/t15-/m0/s1. The fraction of sp³-hybridized carbons (Fsp3) is 0.333. The van der Waals surface area contributed by atoms with Gasteiger partial charge in [0.1, 0.15) is 11.8 Å². The van der Waals surface area contributed by atoms with Crippen LogP contribution in [0.1, 0.15) is 23.8 Å². The predicted octanol–water partition coefficient (Wildman–Crippen LogP) is 3.87. The molecule has 8 heteroatoms. The summed E-state index contributed by atoms with van der Waals surface area (Å²) in [6, 6.07) is 12.8. The molecule has 1 saturated heterocycles. The highest BCUT2D eigenvalue weighted by Crippen LogP contribution is 2.25. The molecule has 3 heterocycles. The Labute approximate surface area is 165 Å². The normalized spacial score (nSPS) is 19.6. The lowest BCUT2D eigenvalue weighted by Crippen LogP contribution is -3.09. The number of rotatable bonds is 6. The van der Waals surface area contributed by atoms with Gasteiger partial charge in [-0.1, -0.05) is 17.4 Å². The molecule has 0 spiro atoms. The molecule has 1 fully saturated rings. The van der Waals surface area contributed by atoms with E-state index in [1.54, 1.807) is 12.0 Å². The van der Waals surface area contributed by atoms with Gasteiger partial charge in [-0.15, -0.1) is 16.4 Å². The number of ether oxygens (including phenoxy) is 1. The Bertz CT molecular complexity index is 901. The van der Waals surface area contributed by atoms with Gasteiger partial charge in [-0.05, 0) is 47.9 Å². The molecule has 0 saturated carbocycles. The lowest BCUT2D eigenvalue weighted by molar-refractivity contribution is -0.941. The smallest absolute Gasteiger partial charge is 0.209 e. The number of thiophene rings is 1. The Balaban J connectivity index is 1.47. The number of nitrogens with one attached hydrogen (secondary N) is 2. The molecule has 1 unspecified atom stereocenters. The summed E-state index contributed by atoms with van der Waals surface area (Å²) in [7, 11) is 1.67. The molecule has 1 aliphatic rings. The topological polar surface area (TPSA) is 43.5 Å². The van der Waals surface area contributed by atoms with Gasteiger partial charge in [-0.3, -0.25) is 0 Å². The van der Waals surface area contributed by atoms with Gasteiger partial charge >= 0.3 is 0 Å². The van der Waals surface area contributed by atoms with Crippen molar-refractivity contribution in [3.8, 4) is 5.75 Å². The van der Waals surface area contributed by atoms with Crippen molar-refractivity contribution < 1.29 is 9.64 Å². The molecule has 0 radical (unpaired) electrons. The second-order valence-corrected chi connectivity index (χ2v) is 8.90. The number of hydrogen-bond donors (Lipinski definition) is 2. The maximum absolute atomic E-state index is 5.55. The Hall–Kier alpha value is -1.74. The third-order valence-electron chi connectivity index (χ3n) is 4.67. The zero-order valence-corrected chi connectivity index (χ0v) is 16.9. The summed E-state index contributed by atoms with van der Waals surface area (Å²) >= 11 is 8.92. The van der Waals surface area contributed by atoms with Crippen molar-refractivity contribution in [2.45, 2.75) is 25.6 Å². The van der Waals surface area contributed by atoms with Gasteiger partial charge in [-0.25, -0.2) is 0 Å². The first kappa shape index (κ1) is 17.7. The van der Waals surface area contributed by atoms with Gasteiger partial charge in [-0.2, -0.15) is 4.68 Å². The zero-order chi connectivity index (χ0) is 17.9. The van der Waals surface area contributed by atoms with Crippen LogP contribution < -0.4 is 15.0 Å². The molecule has 26 heavy (non-hydrogen) atoms. The van der Waals surface area contributed by atoms with Crippen LogP contribution in [0.5, 0.6) is 5.75 Å². The maximum atomic E-state index is 5.55. The van der Waals surface area contributed by atoms with Crippen LogP contribution in [0, 0.1) is 3.95 Å². The third-order valence-corrected chi connectivity index (χ3v) is 6.88. The first-order chi connectivity index (χ1) is 12.7. The van der Waals surface area contributed by atoms with Crippen LogP contribution in [0.4, 0.5) is 10.8 Å². The van der Waals surface area contributed by atoms with Crippen molar-refractivity contribution >= 4 is 45.7 Å². The predicted molar refractivity (Wildman–Crippen MR) is 109 cm³/mol. The van der Waals surface area contributed by atoms with Gasteiger partial charge in [0.25, 0.3) is 0 Å². The van der Waals surface area contributed by atoms with E-state index in [1.165, 1.54) is 35.6 Å². The molecule has 2 atom stereocenters. The van der Waals surface area contributed by atoms with E-state index in [-0.39, 0.29) is 0 Å². The summed E-state index contributed by atoms with van der Waals surface area (Å²) in [5.41, 5.74) is 0.978. The quantitative estimate of drug-likeness (QED) is 0.611. The molecule has 5 nitrogen and oxygen atoms in total. The number of quaternary nitrogens is 1. The van der Waals surface area contributed by atoms with Gasteiger partial charge in [0.2, 0.25) is 5.13 Å². The van der Waals surface area contributed by atoms with Crippen LogP contribution in [0.25, 0.3) is 0 Å². The second kappa shape index (κ2) is 7.87. The average Bonchev–Trinajstić information content (AvgIpc) is 3.38. The van der Waals surface area contributed by atoms with Crippen LogP contribution in [0.2, 0.25) is 0 Å². The van der Waals surface area contributed by atoms with Crippen molar-refractivity contribution in [3.05, 3.63) is 50.6 Å². The van der Waals surface area contributed by atoms with E-state index in [1.807, 2.05) is 40.3 Å². The lowest BCUT2D eigenvalue weighted by atomic mass is 10.2. The third kappa shape index (κ3) is 3.83. The first-order valence-electron chi connectivity index (χ1n) is 8.60. The highest BCUT2D eigenvalue weighted by atomic mass is 32.1. The van der Waals surface area contributed by atoms with Crippen molar-refractivity contribution in [1.29, 1.82) is 0 Å². The summed E-state index contributed by atoms with van der Waals surface area (Å²) in [6.45, 7) is 1.99. The number of aromatic nitrogens is 2. The summed E-state index contributed by atoms with van der Waals surface area (Å²) in [4.78, 5) is 3.01. The Morgan fingerprint density at radius 3 is 2.92 bits per heavy atom. The minimum absolute atomic E-state index is 0.566. The van der Waals surface area contributed by atoms with Gasteiger partial charge in [0.15, 0.2) is 10.6 Å². The fourth-order valence-corrected chi connectivity index (χ4v) is 5.33. The lowest BCUT2D eigenvalue weighted by Gasteiger charge is -2.20. The number of benzene rings is 1. The van der Waals surface area contributed by atoms with Gasteiger partial charge < -0.3 is 15.0 Å². The molecule has 0 aliphatic carbocycles. The van der Waals surface area contributed by atoms with Crippen molar-refractivity contribution in [3.63, 3.8) is 0 Å². The summed E-state index contributed by atoms with van der Waals surface area (Å²) in [5.74, 6) is 0.839. The number of hydrogen-bond acceptors (Lipinski definition) is 6. The molecule has 1 aromatic carbocycles.